The van der Waals surface area contributed by atoms with Crippen molar-refractivity contribution in [3.8, 4) is 5.75 Å². The largest absolute Gasteiger partial charge is 0.496 e. The number of halogens is 2. The summed E-state index contributed by atoms with van der Waals surface area (Å²) in [5.41, 5.74) is 1.37. The molecule has 0 aliphatic heterocycles. The summed E-state index contributed by atoms with van der Waals surface area (Å²) in [6, 6.07) is 12.8. The lowest BCUT2D eigenvalue weighted by molar-refractivity contribution is 0.102. The van der Waals surface area contributed by atoms with Gasteiger partial charge < -0.3 is 10.1 Å². The van der Waals surface area contributed by atoms with E-state index in [-0.39, 0.29) is 5.91 Å². The molecule has 0 heterocycles. The Morgan fingerprint density at radius 3 is 2.47 bits per heavy atom. The summed E-state index contributed by atoms with van der Waals surface area (Å²) in [4.78, 5) is 12.1. The monoisotopic (exact) mass is 431 g/mol. The van der Waals surface area contributed by atoms with Crippen LogP contribution >= 0.6 is 38.5 Å². The second-order valence-electron chi connectivity index (χ2n) is 3.81. The molecule has 0 fully saturated rings. The molecule has 0 radical (unpaired) electrons. The van der Waals surface area contributed by atoms with Crippen LogP contribution in [0.25, 0.3) is 0 Å². The number of anilines is 1. The topological polar surface area (TPSA) is 38.3 Å². The zero-order valence-electron chi connectivity index (χ0n) is 10.1. The van der Waals surface area contributed by atoms with Crippen molar-refractivity contribution in [2.45, 2.75) is 0 Å². The third-order valence-corrected chi connectivity index (χ3v) is 3.89. The zero-order chi connectivity index (χ0) is 13.8. The smallest absolute Gasteiger partial charge is 0.255 e. The number of rotatable bonds is 3. The predicted molar refractivity (Wildman–Crippen MR) is 87.8 cm³/mol. The molecule has 0 bridgehead atoms. The minimum Gasteiger partial charge on any atom is -0.496 e. The third-order valence-electron chi connectivity index (χ3n) is 2.52. The minimum atomic E-state index is -0.136. The first-order chi connectivity index (χ1) is 9.10. The Bertz CT molecular complexity index is 599. The maximum Gasteiger partial charge on any atom is 0.255 e. The highest BCUT2D eigenvalue weighted by Crippen LogP contribution is 2.22. The number of benzene rings is 2. The molecule has 0 aliphatic rings. The Morgan fingerprint density at radius 1 is 1.21 bits per heavy atom. The normalized spacial score (nSPS) is 10.1. The second-order valence-corrected chi connectivity index (χ2v) is 5.89. The van der Waals surface area contributed by atoms with Crippen molar-refractivity contribution in [1.29, 1.82) is 0 Å². The number of ether oxygens (including phenoxy) is 1. The van der Waals surface area contributed by atoms with E-state index in [0.717, 1.165) is 19.5 Å². The van der Waals surface area contributed by atoms with Gasteiger partial charge in [0.05, 0.1) is 10.7 Å². The first-order valence-electron chi connectivity index (χ1n) is 5.50. The molecule has 0 aromatic heterocycles. The van der Waals surface area contributed by atoms with E-state index < -0.39 is 0 Å². The standard InChI is InChI=1S/C14H11BrINO2/c1-19-13-7-2-9(8-12(13)16)14(18)17-11-5-3-10(15)4-6-11/h2-8H,1H3,(H,17,18). The highest BCUT2D eigenvalue weighted by atomic mass is 127. The summed E-state index contributed by atoms with van der Waals surface area (Å²) in [6.45, 7) is 0. The van der Waals surface area contributed by atoms with E-state index in [4.69, 9.17) is 4.74 Å². The van der Waals surface area contributed by atoms with Crippen LogP contribution in [0.5, 0.6) is 5.75 Å². The highest BCUT2D eigenvalue weighted by Gasteiger charge is 2.09. The Balaban J connectivity index is 2.16. The van der Waals surface area contributed by atoms with Gasteiger partial charge in [-0.25, -0.2) is 0 Å². The fourth-order valence-electron chi connectivity index (χ4n) is 1.54. The van der Waals surface area contributed by atoms with Crippen LogP contribution in [0.15, 0.2) is 46.9 Å². The number of carbonyl (C=O) groups excluding carboxylic acids is 1. The van der Waals surface area contributed by atoms with Gasteiger partial charge in [-0.1, -0.05) is 15.9 Å². The summed E-state index contributed by atoms with van der Waals surface area (Å²) < 4.78 is 7.05. The lowest BCUT2D eigenvalue weighted by Crippen LogP contribution is -2.12. The van der Waals surface area contributed by atoms with Gasteiger partial charge >= 0.3 is 0 Å². The number of nitrogens with one attached hydrogen (secondary N) is 1. The molecule has 0 atom stereocenters. The maximum absolute atomic E-state index is 12.1. The minimum absolute atomic E-state index is 0.136. The fourth-order valence-corrected chi connectivity index (χ4v) is 2.54. The average molecular weight is 432 g/mol. The molecular formula is C14H11BrINO2. The Labute approximate surface area is 133 Å². The SMILES string of the molecule is COc1ccc(C(=O)Nc2ccc(Br)cc2)cc1I. The molecule has 98 valence electrons. The van der Waals surface area contributed by atoms with Crippen molar-refractivity contribution in [1.82, 2.24) is 0 Å². The summed E-state index contributed by atoms with van der Waals surface area (Å²) in [5, 5.41) is 2.85. The summed E-state index contributed by atoms with van der Waals surface area (Å²) in [6.07, 6.45) is 0. The van der Waals surface area contributed by atoms with E-state index in [1.807, 2.05) is 24.3 Å². The van der Waals surface area contributed by atoms with Gasteiger partial charge in [0.2, 0.25) is 0 Å². The van der Waals surface area contributed by atoms with Gasteiger partial charge in [-0.3, -0.25) is 4.79 Å². The van der Waals surface area contributed by atoms with Crippen LogP contribution in [0, 0.1) is 3.57 Å². The van der Waals surface area contributed by atoms with Crippen molar-refractivity contribution in [3.63, 3.8) is 0 Å². The van der Waals surface area contributed by atoms with Crippen LogP contribution in [0.4, 0.5) is 5.69 Å². The molecule has 1 N–H and O–H groups in total. The fraction of sp³-hybridized carbons (Fsp3) is 0.0714. The van der Waals surface area contributed by atoms with Crippen LogP contribution in [0.3, 0.4) is 0 Å². The second kappa shape index (κ2) is 6.38. The zero-order valence-corrected chi connectivity index (χ0v) is 13.9. The van der Waals surface area contributed by atoms with Crippen molar-refractivity contribution in [2.75, 3.05) is 12.4 Å². The Hall–Kier alpha value is -1.08. The van der Waals surface area contributed by atoms with Crippen molar-refractivity contribution in [2.24, 2.45) is 0 Å². The summed E-state index contributed by atoms with van der Waals surface area (Å²) in [5.74, 6) is 0.628. The Morgan fingerprint density at radius 2 is 1.89 bits per heavy atom. The first-order valence-corrected chi connectivity index (χ1v) is 7.38. The lowest BCUT2D eigenvalue weighted by Gasteiger charge is -2.08. The first kappa shape index (κ1) is 14.3. The maximum atomic E-state index is 12.1. The van der Waals surface area contributed by atoms with Crippen LogP contribution in [-0.4, -0.2) is 13.0 Å². The molecule has 0 spiro atoms. The van der Waals surface area contributed by atoms with Gasteiger partial charge in [0, 0.05) is 15.7 Å². The van der Waals surface area contributed by atoms with Crippen LogP contribution < -0.4 is 10.1 Å². The molecule has 0 unspecified atom stereocenters. The molecular weight excluding hydrogens is 421 g/mol. The van der Waals surface area contributed by atoms with Crippen LogP contribution in [0.1, 0.15) is 10.4 Å². The van der Waals surface area contributed by atoms with Gasteiger partial charge in [-0.15, -0.1) is 0 Å². The van der Waals surface area contributed by atoms with Crippen molar-refractivity contribution < 1.29 is 9.53 Å². The number of amides is 1. The van der Waals surface area contributed by atoms with Gasteiger partial charge in [0.15, 0.2) is 0 Å². The molecule has 0 saturated heterocycles. The van der Waals surface area contributed by atoms with Gasteiger partial charge in [0.25, 0.3) is 5.91 Å². The predicted octanol–water partition coefficient (Wildman–Crippen LogP) is 4.31. The third kappa shape index (κ3) is 3.70. The number of methoxy groups -OCH3 is 1. The summed E-state index contributed by atoms with van der Waals surface area (Å²) in [7, 11) is 1.61. The van der Waals surface area contributed by atoms with Gasteiger partial charge in [0.1, 0.15) is 5.75 Å². The number of carbonyl (C=O) groups is 1. The van der Waals surface area contributed by atoms with Crippen molar-refractivity contribution in [3.05, 3.63) is 56.1 Å². The molecule has 0 saturated carbocycles. The molecule has 5 heteroatoms. The van der Waals surface area contributed by atoms with E-state index >= 15 is 0 Å². The van der Waals surface area contributed by atoms with E-state index in [0.29, 0.717) is 5.56 Å². The van der Waals surface area contributed by atoms with E-state index in [2.05, 4.69) is 43.8 Å². The molecule has 2 rings (SSSR count). The quantitative estimate of drug-likeness (QED) is 0.735. The van der Waals surface area contributed by atoms with E-state index in [1.165, 1.54) is 0 Å². The number of hydrogen-bond acceptors (Lipinski definition) is 2. The van der Waals surface area contributed by atoms with E-state index in [9.17, 15) is 4.79 Å². The van der Waals surface area contributed by atoms with Crippen molar-refractivity contribution >= 4 is 50.1 Å². The van der Waals surface area contributed by atoms with Gasteiger partial charge in [-0.2, -0.15) is 0 Å². The molecule has 1 amide bonds. The molecule has 2 aromatic carbocycles. The van der Waals surface area contributed by atoms with Crippen LogP contribution in [0.2, 0.25) is 0 Å². The lowest BCUT2D eigenvalue weighted by atomic mass is 10.2. The van der Waals surface area contributed by atoms with E-state index in [1.54, 1.807) is 25.3 Å². The highest BCUT2D eigenvalue weighted by molar-refractivity contribution is 14.1. The number of hydrogen-bond donors (Lipinski definition) is 1. The van der Waals surface area contributed by atoms with Crippen LogP contribution in [-0.2, 0) is 0 Å². The molecule has 2 aromatic rings. The Kier molecular flexibility index (Phi) is 4.81. The van der Waals surface area contributed by atoms with Gasteiger partial charge in [-0.05, 0) is 65.1 Å². The summed E-state index contributed by atoms with van der Waals surface area (Å²) >= 11 is 5.50. The average Bonchev–Trinajstić information content (AvgIpc) is 2.41. The molecule has 19 heavy (non-hydrogen) atoms. The molecule has 3 nitrogen and oxygen atoms in total. The molecule has 0 aliphatic carbocycles.